The molecule has 0 fully saturated rings. The van der Waals surface area contributed by atoms with Crippen LogP contribution in [-0.4, -0.2) is 48.5 Å². The zero-order valence-corrected chi connectivity index (χ0v) is 17.6. The number of amides is 1. The van der Waals surface area contributed by atoms with Gasteiger partial charge in [-0.25, -0.2) is 26.3 Å². The summed E-state index contributed by atoms with van der Waals surface area (Å²) in [6, 6.07) is 4.64. The highest BCUT2D eigenvalue weighted by Gasteiger charge is 2.27. The average Bonchev–Trinajstić information content (AvgIpc) is 3.07. The lowest BCUT2D eigenvalue weighted by atomic mass is 10.3. The van der Waals surface area contributed by atoms with E-state index in [1.807, 2.05) is 0 Å². The van der Waals surface area contributed by atoms with Crippen LogP contribution in [0.4, 0.5) is 5.69 Å². The van der Waals surface area contributed by atoms with Crippen LogP contribution in [0, 0.1) is 0 Å². The van der Waals surface area contributed by atoms with Crippen molar-refractivity contribution in [3.63, 3.8) is 0 Å². The number of hydrogen-bond donors (Lipinski definition) is 3. The lowest BCUT2D eigenvalue weighted by molar-refractivity contribution is -0.116. The van der Waals surface area contributed by atoms with Gasteiger partial charge in [0.1, 0.15) is 22.1 Å². The van der Waals surface area contributed by atoms with E-state index < -0.39 is 35.7 Å². The minimum atomic E-state index is -4.06. The molecule has 0 spiro atoms. The van der Waals surface area contributed by atoms with Crippen LogP contribution < -0.4 is 19.5 Å². The van der Waals surface area contributed by atoms with Crippen molar-refractivity contribution in [1.29, 1.82) is 0 Å². The fourth-order valence-electron chi connectivity index (χ4n) is 2.29. The summed E-state index contributed by atoms with van der Waals surface area (Å²) in [4.78, 5) is 11.3. The molecule has 1 aromatic carbocycles. The van der Waals surface area contributed by atoms with Crippen LogP contribution >= 0.6 is 11.6 Å². The number of hydrogen-bond acceptors (Lipinski definition) is 6. The van der Waals surface area contributed by atoms with Gasteiger partial charge in [0, 0.05) is 18.1 Å². The number of benzene rings is 1. The maximum Gasteiger partial charge on any atom is 0.244 e. The third-order valence-electron chi connectivity index (χ3n) is 3.69. The molecular formula is C15H19ClN4O6S2. The van der Waals surface area contributed by atoms with E-state index in [1.54, 1.807) is 12.1 Å². The number of sulfonamides is 2. The molecule has 2 aromatic rings. The van der Waals surface area contributed by atoms with E-state index in [4.69, 9.17) is 16.3 Å². The smallest absolute Gasteiger partial charge is 0.244 e. The van der Waals surface area contributed by atoms with Gasteiger partial charge in [0.05, 0.1) is 12.1 Å². The monoisotopic (exact) mass is 450 g/mol. The van der Waals surface area contributed by atoms with Gasteiger partial charge in [0.2, 0.25) is 26.0 Å². The first-order valence-corrected chi connectivity index (χ1v) is 11.1. The zero-order chi connectivity index (χ0) is 21.1. The SMILES string of the molecule is CNS(=O)(=O)c1cn(CC(=O)Nc2ccc(OC)c(Cl)c2)cc1S(=O)(=O)NC. The topological polar surface area (TPSA) is 136 Å². The van der Waals surface area contributed by atoms with Crippen LogP contribution in [0.15, 0.2) is 40.4 Å². The Morgan fingerprint density at radius 1 is 1.07 bits per heavy atom. The standard InChI is InChI=1S/C15H19ClN4O6S2/c1-17-27(22,23)13-7-20(8-14(13)28(24,25)18-2)9-15(21)19-10-4-5-12(26-3)11(16)6-10/h4-8,17-18H,9H2,1-3H3,(H,19,21). The first-order valence-electron chi connectivity index (χ1n) is 7.74. The molecule has 0 radical (unpaired) electrons. The Labute approximate surface area is 167 Å². The summed E-state index contributed by atoms with van der Waals surface area (Å²) in [6.45, 7) is -0.324. The normalized spacial score (nSPS) is 12.0. The number of methoxy groups -OCH3 is 1. The summed E-state index contributed by atoms with van der Waals surface area (Å²) in [5.41, 5.74) is 0.397. The van der Waals surface area contributed by atoms with E-state index in [2.05, 4.69) is 14.8 Å². The lowest BCUT2D eigenvalue weighted by Gasteiger charge is -2.08. The molecule has 28 heavy (non-hydrogen) atoms. The quantitative estimate of drug-likeness (QED) is 0.539. The molecule has 1 heterocycles. The number of carbonyl (C=O) groups is 1. The number of carbonyl (C=O) groups excluding carboxylic acids is 1. The van der Waals surface area contributed by atoms with Crippen LogP contribution in [0.5, 0.6) is 5.75 Å². The minimum absolute atomic E-state index is 0.297. The molecule has 0 saturated carbocycles. The lowest BCUT2D eigenvalue weighted by Crippen LogP contribution is -2.24. The molecule has 1 aromatic heterocycles. The fraction of sp³-hybridized carbons (Fsp3) is 0.267. The van der Waals surface area contributed by atoms with Gasteiger partial charge in [-0.15, -0.1) is 0 Å². The summed E-state index contributed by atoms with van der Waals surface area (Å²) in [6.07, 6.45) is 2.13. The summed E-state index contributed by atoms with van der Waals surface area (Å²) >= 11 is 6.00. The number of halogens is 1. The number of nitrogens with zero attached hydrogens (tertiary/aromatic N) is 1. The van der Waals surface area contributed by atoms with Crippen molar-refractivity contribution >= 4 is 43.2 Å². The van der Waals surface area contributed by atoms with Crippen molar-refractivity contribution in [3.8, 4) is 5.75 Å². The fourth-order valence-corrected chi connectivity index (χ4v) is 4.83. The number of aromatic nitrogens is 1. The molecule has 0 aliphatic rings. The summed E-state index contributed by atoms with van der Waals surface area (Å²) < 4.78 is 58.8. The van der Waals surface area contributed by atoms with Crippen LogP contribution in [0.3, 0.4) is 0 Å². The molecule has 2 rings (SSSR count). The van der Waals surface area contributed by atoms with Crippen LogP contribution in [-0.2, 0) is 31.4 Å². The molecule has 0 bridgehead atoms. The predicted octanol–water partition coefficient (Wildman–Crippen LogP) is 0.605. The average molecular weight is 451 g/mol. The van der Waals surface area contributed by atoms with Gasteiger partial charge in [-0.05, 0) is 32.3 Å². The molecule has 0 unspecified atom stereocenters. The first kappa shape index (κ1) is 22.2. The van der Waals surface area contributed by atoms with Crippen molar-refractivity contribution in [2.45, 2.75) is 16.3 Å². The number of rotatable bonds is 8. The van der Waals surface area contributed by atoms with Gasteiger partial charge in [0.15, 0.2) is 0 Å². The number of nitrogens with one attached hydrogen (secondary N) is 3. The van der Waals surface area contributed by atoms with E-state index in [9.17, 15) is 21.6 Å². The van der Waals surface area contributed by atoms with E-state index in [0.29, 0.717) is 16.5 Å². The van der Waals surface area contributed by atoms with E-state index in [0.717, 1.165) is 31.1 Å². The Balaban J connectivity index is 2.30. The second-order valence-corrected chi connectivity index (χ2v) is 9.59. The Bertz CT molecular complexity index is 1040. The van der Waals surface area contributed by atoms with Crippen molar-refractivity contribution in [1.82, 2.24) is 14.0 Å². The summed E-state index contributed by atoms with van der Waals surface area (Å²) in [7, 11) is -4.36. The van der Waals surface area contributed by atoms with Crippen molar-refractivity contribution in [2.24, 2.45) is 0 Å². The summed E-state index contributed by atoms with van der Waals surface area (Å²) in [5, 5.41) is 2.88. The molecule has 3 N–H and O–H groups in total. The molecule has 0 atom stereocenters. The molecule has 0 saturated heterocycles. The minimum Gasteiger partial charge on any atom is -0.495 e. The predicted molar refractivity (Wildman–Crippen MR) is 104 cm³/mol. The Morgan fingerprint density at radius 2 is 1.61 bits per heavy atom. The Hall–Kier alpha value is -2.12. The molecule has 0 aliphatic carbocycles. The second kappa shape index (κ2) is 8.49. The van der Waals surface area contributed by atoms with Gasteiger partial charge in [-0.2, -0.15) is 0 Å². The summed E-state index contributed by atoms with van der Waals surface area (Å²) in [5.74, 6) is -0.0769. The van der Waals surface area contributed by atoms with Gasteiger partial charge in [0.25, 0.3) is 0 Å². The largest absolute Gasteiger partial charge is 0.495 e. The van der Waals surface area contributed by atoms with Crippen LogP contribution in [0.25, 0.3) is 0 Å². The Morgan fingerprint density at radius 3 is 2.04 bits per heavy atom. The van der Waals surface area contributed by atoms with E-state index in [-0.39, 0.29) is 6.54 Å². The molecule has 1 amide bonds. The van der Waals surface area contributed by atoms with Gasteiger partial charge in [-0.1, -0.05) is 11.6 Å². The maximum absolute atomic E-state index is 12.3. The number of anilines is 1. The molecule has 0 aliphatic heterocycles. The Kier molecular flexibility index (Phi) is 6.72. The van der Waals surface area contributed by atoms with Crippen LogP contribution in [0.2, 0.25) is 5.02 Å². The maximum atomic E-state index is 12.3. The number of ether oxygens (including phenoxy) is 1. The van der Waals surface area contributed by atoms with Crippen molar-refractivity contribution in [2.75, 3.05) is 26.5 Å². The van der Waals surface area contributed by atoms with E-state index >= 15 is 0 Å². The van der Waals surface area contributed by atoms with Crippen LogP contribution in [0.1, 0.15) is 0 Å². The van der Waals surface area contributed by atoms with Crippen molar-refractivity contribution < 1.29 is 26.4 Å². The molecule has 154 valence electrons. The highest BCUT2D eigenvalue weighted by Crippen LogP contribution is 2.27. The van der Waals surface area contributed by atoms with Crippen molar-refractivity contribution in [3.05, 3.63) is 35.6 Å². The zero-order valence-electron chi connectivity index (χ0n) is 15.2. The molecule has 13 heteroatoms. The third-order valence-corrected chi connectivity index (χ3v) is 7.00. The molecular weight excluding hydrogens is 432 g/mol. The molecule has 10 nitrogen and oxygen atoms in total. The third kappa shape index (κ3) is 4.83. The van der Waals surface area contributed by atoms with E-state index in [1.165, 1.54) is 13.2 Å². The highest BCUT2D eigenvalue weighted by atomic mass is 35.5. The highest BCUT2D eigenvalue weighted by molar-refractivity contribution is 7.92. The second-order valence-electron chi connectivity index (χ2n) is 5.47. The van der Waals surface area contributed by atoms with Gasteiger partial charge in [-0.3, -0.25) is 4.79 Å². The van der Waals surface area contributed by atoms with Gasteiger partial charge >= 0.3 is 0 Å². The van der Waals surface area contributed by atoms with Gasteiger partial charge < -0.3 is 14.6 Å². The first-order chi connectivity index (χ1) is 13.0.